The van der Waals surface area contributed by atoms with E-state index in [-0.39, 0.29) is 0 Å². The smallest absolute Gasteiger partial charge is 0.238 e. The molecule has 6 nitrogen and oxygen atoms in total. The number of nitrogens with zero attached hydrogens (tertiary/aromatic N) is 5. The summed E-state index contributed by atoms with van der Waals surface area (Å²) in [6.45, 7) is 0. The van der Waals surface area contributed by atoms with Gasteiger partial charge in [-0.15, -0.1) is 0 Å². The van der Waals surface area contributed by atoms with Crippen molar-refractivity contribution in [2.75, 3.05) is 0 Å². The number of hydrogen-bond acceptors (Lipinski definition) is 4. The van der Waals surface area contributed by atoms with E-state index in [1.54, 1.807) is 0 Å². The Morgan fingerprint density at radius 2 is 0.895 bits per heavy atom. The number of fused-ring (bicyclic) bond motifs is 10. The molecular weight excluding hydrogens is 699 g/mol. The number of para-hydroxylation sites is 5. The largest absolute Gasteiger partial charge is 0.455 e. The molecule has 6 heteroatoms. The fourth-order valence-corrected chi connectivity index (χ4v) is 8.63. The highest BCUT2D eigenvalue weighted by Gasteiger charge is 2.24. The van der Waals surface area contributed by atoms with E-state index in [1.807, 2.05) is 30.3 Å². The topological polar surface area (TPSA) is 61.7 Å². The van der Waals surface area contributed by atoms with Gasteiger partial charge >= 0.3 is 0 Å². The van der Waals surface area contributed by atoms with Crippen molar-refractivity contribution in [2.45, 2.75) is 0 Å². The van der Waals surface area contributed by atoms with E-state index >= 15 is 0 Å². The predicted octanol–water partition coefficient (Wildman–Crippen LogP) is 13.0. The zero-order valence-corrected chi connectivity index (χ0v) is 30.5. The van der Waals surface area contributed by atoms with E-state index in [4.69, 9.17) is 19.4 Å². The van der Waals surface area contributed by atoms with Crippen LogP contribution < -0.4 is 0 Å². The van der Waals surface area contributed by atoms with Crippen LogP contribution in [0.1, 0.15) is 0 Å². The molecule has 0 saturated carbocycles. The van der Waals surface area contributed by atoms with Crippen LogP contribution in [0.25, 0.3) is 111 Å². The fourth-order valence-electron chi connectivity index (χ4n) is 8.63. The van der Waals surface area contributed by atoms with Gasteiger partial charge in [0.25, 0.3) is 0 Å². The summed E-state index contributed by atoms with van der Waals surface area (Å²) in [6, 6.07) is 65.5. The third-order valence-electron chi connectivity index (χ3n) is 11.2. The zero-order chi connectivity index (χ0) is 37.5. The van der Waals surface area contributed by atoms with Crippen molar-refractivity contribution in [3.8, 4) is 45.5 Å². The summed E-state index contributed by atoms with van der Waals surface area (Å²) in [5, 5.41) is 6.65. The summed E-state index contributed by atoms with van der Waals surface area (Å²) in [6.07, 6.45) is 0. The average molecular weight is 730 g/mol. The molecule has 8 aromatic carbocycles. The van der Waals surface area contributed by atoms with Gasteiger partial charge in [-0.05, 0) is 47.5 Å². The van der Waals surface area contributed by atoms with Gasteiger partial charge in [-0.1, -0.05) is 152 Å². The lowest BCUT2D eigenvalue weighted by atomic mass is 10.0. The van der Waals surface area contributed by atoms with Gasteiger partial charge in [0.15, 0.2) is 11.6 Å². The van der Waals surface area contributed by atoms with Crippen LogP contribution in [0.15, 0.2) is 192 Å². The minimum Gasteiger partial charge on any atom is -0.455 e. The van der Waals surface area contributed by atoms with Crippen molar-refractivity contribution in [3.63, 3.8) is 0 Å². The summed E-state index contributed by atoms with van der Waals surface area (Å²) < 4.78 is 11.2. The number of hydrogen-bond donors (Lipinski definition) is 0. The predicted molar refractivity (Wildman–Crippen MR) is 232 cm³/mol. The van der Waals surface area contributed by atoms with Gasteiger partial charge in [0.2, 0.25) is 5.95 Å². The first-order chi connectivity index (χ1) is 28.3. The lowest BCUT2D eigenvalue weighted by molar-refractivity contribution is 0.669. The SMILES string of the molecule is c1ccc(-c2ccc(-c3nc(-c4cccc5c4oc4ccccc45)nc(-n4c5ccccc5c5ccc6c7ccccc7n(-c7ccccc7)c6c54)n3)cc2)cc1. The first-order valence-electron chi connectivity index (χ1n) is 19.1. The van der Waals surface area contributed by atoms with Crippen molar-refractivity contribution in [1.29, 1.82) is 0 Å². The molecule has 12 aromatic rings. The Morgan fingerprint density at radius 3 is 1.63 bits per heavy atom. The average Bonchev–Trinajstić information content (AvgIpc) is 3.95. The Bertz CT molecular complexity index is 3510. The van der Waals surface area contributed by atoms with Gasteiger partial charge in [0.1, 0.15) is 11.2 Å². The highest BCUT2D eigenvalue weighted by molar-refractivity contribution is 6.23. The van der Waals surface area contributed by atoms with E-state index in [9.17, 15) is 0 Å². The number of benzene rings is 8. The molecule has 4 aromatic heterocycles. The number of aromatic nitrogens is 5. The van der Waals surface area contributed by atoms with Gasteiger partial charge in [-0.2, -0.15) is 9.97 Å². The van der Waals surface area contributed by atoms with Gasteiger partial charge < -0.3 is 8.98 Å². The summed E-state index contributed by atoms with van der Waals surface area (Å²) in [4.78, 5) is 16.0. The first kappa shape index (κ1) is 31.5. The van der Waals surface area contributed by atoms with Crippen molar-refractivity contribution < 1.29 is 4.42 Å². The Balaban J connectivity index is 1.20. The summed E-state index contributed by atoms with van der Waals surface area (Å²) in [5.41, 5.74) is 10.9. The molecule has 0 saturated heterocycles. The van der Waals surface area contributed by atoms with Crippen LogP contribution in [0.4, 0.5) is 0 Å². The summed E-state index contributed by atoms with van der Waals surface area (Å²) in [7, 11) is 0. The highest BCUT2D eigenvalue weighted by atomic mass is 16.3. The third-order valence-corrected chi connectivity index (χ3v) is 11.2. The molecule has 0 unspecified atom stereocenters. The molecule has 0 atom stereocenters. The molecule has 4 heterocycles. The second-order valence-electron chi connectivity index (χ2n) is 14.4. The summed E-state index contributed by atoms with van der Waals surface area (Å²) in [5.74, 6) is 1.64. The maximum Gasteiger partial charge on any atom is 0.238 e. The van der Waals surface area contributed by atoms with Crippen LogP contribution in [0.5, 0.6) is 0 Å². The monoisotopic (exact) mass is 729 g/mol. The van der Waals surface area contributed by atoms with Crippen LogP contribution in [0, 0.1) is 0 Å². The molecule has 0 aliphatic heterocycles. The quantitative estimate of drug-likeness (QED) is 0.177. The molecule has 57 heavy (non-hydrogen) atoms. The molecule has 0 bridgehead atoms. The molecule has 0 spiro atoms. The summed E-state index contributed by atoms with van der Waals surface area (Å²) >= 11 is 0. The van der Waals surface area contributed by atoms with Gasteiger partial charge in [-0.3, -0.25) is 4.57 Å². The molecule has 0 radical (unpaired) electrons. The molecule has 0 aliphatic carbocycles. The Morgan fingerprint density at radius 1 is 0.351 bits per heavy atom. The van der Waals surface area contributed by atoms with Crippen LogP contribution in [0.3, 0.4) is 0 Å². The standard InChI is InChI=1S/C51H31N5O/c1-3-14-32(15-4-1)33-26-28-34(29-27-33)49-52-50(42-22-13-21-41-38-20-9-12-25-45(38)57-48(41)42)54-51(53-49)56-44-24-11-8-19-37(44)40-31-30-39-36-18-7-10-23-43(36)55(46(39)47(40)56)35-16-5-2-6-17-35/h1-31H. The van der Waals surface area contributed by atoms with E-state index in [2.05, 4.69) is 167 Å². The number of furan rings is 1. The Hall–Kier alpha value is -7.83. The van der Waals surface area contributed by atoms with Crippen molar-refractivity contribution in [1.82, 2.24) is 24.1 Å². The Labute approximate surface area is 326 Å². The zero-order valence-electron chi connectivity index (χ0n) is 30.5. The molecule has 0 aliphatic rings. The van der Waals surface area contributed by atoms with E-state index in [0.717, 1.165) is 88.1 Å². The molecule has 12 rings (SSSR count). The van der Waals surface area contributed by atoms with Crippen LogP contribution in [-0.4, -0.2) is 24.1 Å². The highest BCUT2D eigenvalue weighted by Crippen LogP contribution is 2.42. The van der Waals surface area contributed by atoms with Gasteiger partial charge in [0.05, 0.1) is 27.6 Å². The van der Waals surface area contributed by atoms with E-state index < -0.39 is 0 Å². The molecule has 0 fully saturated rings. The Kier molecular flexibility index (Phi) is 6.83. The van der Waals surface area contributed by atoms with Gasteiger partial charge in [-0.25, -0.2) is 4.98 Å². The van der Waals surface area contributed by atoms with Crippen LogP contribution in [-0.2, 0) is 0 Å². The number of rotatable bonds is 5. The minimum atomic E-state index is 0.527. The van der Waals surface area contributed by atoms with Crippen molar-refractivity contribution in [3.05, 3.63) is 188 Å². The van der Waals surface area contributed by atoms with Gasteiger partial charge in [0, 0.05) is 43.6 Å². The molecule has 0 N–H and O–H groups in total. The van der Waals surface area contributed by atoms with Crippen LogP contribution in [0.2, 0.25) is 0 Å². The molecule has 266 valence electrons. The lowest BCUT2D eigenvalue weighted by Gasteiger charge is -2.13. The first-order valence-corrected chi connectivity index (χ1v) is 19.1. The van der Waals surface area contributed by atoms with Crippen LogP contribution >= 0.6 is 0 Å². The second kappa shape index (κ2) is 12.3. The van der Waals surface area contributed by atoms with Crippen molar-refractivity contribution in [2.24, 2.45) is 0 Å². The minimum absolute atomic E-state index is 0.527. The maximum atomic E-state index is 6.56. The fraction of sp³-hybridized carbons (Fsp3) is 0. The second-order valence-corrected chi connectivity index (χ2v) is 14.4. The molecule has 0 amide bonds. The third kappa shape index (κ3) is 4.81. The molecular formula is C51H31N5O. The maximum absolute atomic E-state index is 6.56. The lowest BCUT2D eigenvalue weighted by Crippen LogP contribution is -2.07. The normalized spacial score (nSPS) is 11.9. The van der Waals surface area contributed by atoms with Crippen molar-refractivity contribution >= 4 is 65.6 Å². The van der Waals surface area contributed by atoms with E-state index in [0.29, 0.717) is 17.6 Å². The van der Waals surface area contributed by atoms with E-state index in [1.165, 1.54) is 5.39 Å².